The Balaban J connectivity index is 2.00. The van der Waals surface area contributed by atoms with Crippen molar-refractivity contribution in [2.75, 3.05) is 26.9 Å². The molecule has 0 aromatic heterocycles. The molecule has 1 aliphatic heterocycles. The number of benzene rings is 1. The van der Waals surface area contributed by atoms with Crippen LogP contribution in [0.15, 0.2) is 16.6 Å². The summed E-state index contributed by atoms with van der Waals surface area (Å²) >= 11 is 3.58. The van der Waals surface area contributed by atoms with E-state index in [1.807, 2.05) is 6.07 Å². The maximum absolute atomic E-state index is 5.75. The summed E-state index contributed by atoms with van der Waals surface area (Å²) < 4.78 is 17.6. The van der Waals surface area contributed by atoms with E-state index in [4.69, 9.17) is 14.2 Å². The van der Waals surface area contributed by atoms with Crippen LogP contribution in [0.25, 0.3) is 0 Å². The molecule has 0 spiro atoms. The summed E-state index contributed by atoms with van der Waals surface area (Å²) in [4.78, 5) is 0. The molecule has 5 heteroatoms. The van der Waals surface area contributed by atoms with E-state index in [1.165, 1.54) is 12.0 Å². The summed E-state index contributed by atoms with van der Waals surface area (Å²) in [6.45, 7) is 5.27. The number of hydrogen-bond donors (Lipinski definition) is 1. The fourth-order valence-corrected chi connectivity index (χ4v) is 2.99. The summed E-state index contributed by atoms with van der Waals surface area (Å²) in [6, 6.07) is 4.57. The second kappa shape index (κ2) is 8.61. The first-order valence-electron chi connectivity index (χ1n) is 7.55. The Bertz CT molecular complexity index is 447. The van der Waals surface area contributed by atoms with E-state index in [0.717, 1.165) is 48.6 Å². The smallest absolute Gasteiger partial charge is 0.175 e. The topological polar surface area (TPSA) is 39.7 Å². The van der Waals surface area contributed by atoms with Gasteiger partial charge in [0.05, 0.1) is 24.8 Å². The zero-order valence-electron chi connectivity index (χ0n) is 12.8. The van der Waals surface area contributed by atoms with Gasteiger partial charge < -0.3 is 19.5 Å². The average Bonchev–Trinajstić information content (AvgIpc) is 2.52. The molecule has 4 nitrogen and oxygen atoms in total. The van der Waals surface area contributed by atoms with Gasteiger partial charge in [-0.2, -0.15) is 0 Å². The molecule has 1 N–H and O–H groups in total. The standard InChI is InChI=1S/C16H24BrNO3/c1-3-6-21-16-14(17)8-12(9-15(16)19-2)10-18-13-5-4-7-20-11-13/h8-9,13,18H,3-7,10-11H2,1-2H3. The number of hydrogen-bond acceptors (Lipinski definition) is 4. The lowest BCUT2D eigenvalue weighted by molar-refractivity contribution is 0.0699. The molecule has 2 rings (SSSR count). The molecule has 0 aliphatic carbocycles. The van der Waals surface area contributed by atoms with Crippen molar-refractivity contribution < 1.29 is 14.2 Å². The highest BCUT2D eigenvalue weighted by molar-refractivity contribution is 9.10. The van der Waals surface area contributed by atoms with E-state index < -0.39 is 0 Å². The summed E-state index contributed by atoms with van der Waals surface area (Å²) in [5.41, 5.74) is 1.17. The quantitative estimate of drug-likeness (QED) is 0.810. The normalized spacial score (nSPS) is 18.5. The van der Waals surface area contributed by atoms with Gasteiger partial charge in [0.1, 0.15) is 0 Å². The van der Waals surface area contributed by atoms with Crippen LogP contribution in [-0.4, -0.2) is 33.0 Å². The number of methoxy groups -OCH3 is 1. The van der Waals surface area contributed by atoms with Crippen LogP contribution in [0.5, 0.6) is 11.5 Å². The van der Waals surface area contributed by atoms with Crippen molar-refractivity contribution in [3.05, 3.63) is 22.2 Å². The van der Waals surface area contributed by atoms with Gasteiger partial charge in [0, 0.05) is 19.2 Å². The first-order chi connectivity index (χ1) is 10.2. The lowest BCUT2D eigenvalue weighted by atomic mass is 10.1. The van der Waals surface area contributed by atoms with Crippen molar-refractivity contribution in [3.8, 4) is 11.5 Å². The first kappa shape index (κ1) is 16.6. The number of nitrogens with one attached hydrogen (secondary N) is 1. The van der Waals surface area contributed by atoms with Gasteiger partial charge in [0.2, 0.25) is 0 Å². The molecule has 1 heterocycles. The lowest BCUT2D eigenvalue weighted by Crippen LogP contribution is -2.36. The molecular weight excluding hydrogens is 334 g/mol. The molecular formula is C16H24BrNO3. The Morgan fingerprint density at radius 1 is 1.43 bits per heavy atom. The van der Waals surface area contributed by atoms with Crippen LogP contribution in [0.1, 0.15) is 31.7 Å². The van der Waals surface area contributed by atoms with Crippen molar-refractivity contribution in [1.82, 2.24) is 5.32 Å². The molecule has 1 aromatic rings. The van der Waals surface area contributed by atoms with Gasteiger partial charge in [0.15, 0.2) is 11.5 Å². The molecule has 0 amide bonds. The van der Waals surface area contributed by atoms with Crippen molar-refractivity contribution in [2.24, 2.45) is 0 Å². The van der Waals surface area contributed by atoms with Gasteiger partial charge >= 0.3 is 0 Å². The molecule has 21 heavy (non-hydrogen) atoms. The van der Waals surface area contributed by atoms with E-state index in [0.29, 0.717) is 12.6 Å². The first-order valence-corrected chi connectivity index (χ1v) is 8.34. The highest BCUT2D eigenvalue weighted by Gasteiger charge is 2.15. The third-order valence-electron chi connectivity index (χ3n) is 3.49. The van der Waals surface area contributed by atoms with Crippen LogP contribution in [0, 0.1) is 0 Å². The second-order valence-electron chi connectivity index (χ2n) is 5.25. The van der Waals surface area contributed by atoms with Crippen LogP contribution in [-0.2, 0) is 11.3 Å². The van der Waals surface area contributed by atoms with Crippen molar-refractivity contribution in [1.29, 1.82) is 0 Å². The summed E-state index contributed by atoms with van der Waals surface area (Å²) in [5, 5.41) is 3.54. The molecule has 1 aliphatic rings. The van der Waals surface area contributed by atoms with Crippen LogP contribution in [0.3, 0.4) is 0 Å². The minimum Gasteiger partial charge on any atom is -0.493 e. The Morgan fingerprint density at radius 3 is 2.95 bits per heavy atom. The van der Waals surface area contributed by atoms with Gasteiger partial charge in [-0.05, 0) is 52.9 Å². The molecule has 1 saturated heterocycles. The van der Waals surface area contributed by atoms with Gasteiger partial charge in [-0.1, -0.05) is 6.92 Å². The van der Waals surface area contributed by atoms with Gasteiger partial charge in [-0.25, -0.2) is 0 Å². The van der Waals surface area contributed by atoms with Crippen molar-refractivity contribution in [2.45, 2.75) is 38.8 Å². The molecule has 1 fully saturated rings. The van der Waals surface area contributed by atoms with E-state index in [1.54, 1.807) is 7.11 Å². The summed E-state index contributed by atoms with van der Waals surface area (Å²) in [5.74, 6) is 1.55. The molecule has 1 aromatic carbocycles. The lowest BCUT2D eigenvalue weighted by Gasteiger charge is -2.23. The fourth-order valence-electron chi connectivity index (χ4n) is 2.38. The van der Waals surface area contributed by atoms with E-state index in [9.17, 15) is 0 Å². The number of halogens is 1. The average molecular weight is 358 g/mol. The SMILES string of the molecule is CCCOc1c(Br)cc(CNC2CCCOC2)cc1OC. The predicted molar refractivity (Wildman–Crippen MR) is 87.2 cm³/mol. The summed E-state index contributed by atoms with van der Waals surface area (Å²) in [6.07, 6.45) is 3.28. The molecule has 0 saturated carbocycles. The van der Waals surface area contributed by atoms with E-state index in [2.05, 4.69) is 34.2 Å². The fraction of sp³-hybridized carbons (Fsp3) is 0.625. The van der Waals surface area contributed by atoms with Crippen molar-refractivity contribution in [3.63, 3.8) is 0 Å². The predicted octanol–water partition coefficient (Wildman–Crippen LogP) is 3.52. The number of rotatable bonds is 7. The third kappa shape index (κ3) is 4.87. The Labute approximate surface area is 135 Å². The largest absolute Gasteiger partial charge is 0.493 e. The minimum absolute atomic E-state index is 0.444. The maximum Gasteiger partial charge on any atom is 0.175 e. The zero-order chi connectivity index (χ0) is 15.1. The number of ether oxygens (including phenoxy) is 3. The summed E-state index contributed by atoms with van der Waals surface area (Å²) in [7, 11) is 1.67. The monoisotopic (exact) mass is 357 g/mol. The Kier molecular flexibility index (Phi) is 6.80. The molecule has 118 valence electrons. The molecule has 1 unspecified atom stereocenters. The van der Waals surface area contributed by atoms with Crippen molar-refractivity contribution >= 4 is 15.9 Å². The zero-order valence-corrected chi connectivity index (χ0v) is 14.4. The Morgan fingerprint density at radius 2 is 2.29 bits per heavy atom. The highest BCUT2D eigenvalue weighted by Crippen LogP contribution is 2.36. The minimum atomic E-state index is 0.444. The van der Waals surface area contributed by atoms with Gasteiger partial charge in [-0.3, -0.25) is 0 Å². The molecule has 1 atom stereocenters. The maximum atomic E-state index is 5.75. The van der Waals surface area contributed by atoms with Crippen LogP contribution in [0.4, 0.5) is 0 Å². The molecule has 0 bridgehead atoms. The van der Waals surface area contributed by atoms with Crippen LogP contribution < -0.4 is 14.8 Å². The van der Waals surface area contributed by atoms with Crippen LogP contribution >= 0.6 is 15.9 Å². The van der Waals surface area contributed by atoms with E-state index >= 15 is 0 Å². The van der Waals surface area contributed by atoms with Crippen LogP contribution in [0.2, 0.25) is 0 Å². The molecule has 0 radical (unpaired) electrons. The highest BCUT2D eigenvalue weighted by atomic mass is 79.9. The second-order valence-corrected chi connectivity index (χ2v) is 6.11. The van der Waals surface area contributed by atoms with Gasteiger partial charge in [0.25, 0.3) is 0 Å². The Hall–Kier alpha value is -0.780. The third-order valence-corrected chi connectivity index (χ3v) is 4.08. The van der Waals surface area contributed by atoms with Gasteiger partial charge in [-0.15, -0.1) is 0 Å². The van der Waals surface area contributed by atoms with E-state index in [-0.39, 0.29) is 0 Å².